The van der Waals surface area contributed by atoms with E-state index in [0.717, 1.165) is 12.1 Å². The number of hydrogen-bond acceptors (Lipinski definition) is 2. The van der Waals surface area contributed by atoms with E-state index in [2.05, 4.69) is 4.98 Å². The Morgan fingerprint density at radius 2 is 1.63 bits per heavy atom. The highest BCUT2D eigenvalue weighted by molar-refractivity contribution is 5.75. The zero-order valence-electron chi connectivity index (χ0n) is 9.42. The minimum absolute atomic E-state index is 0.149. The van der Waals surface area contributed by atoms with Crippen molar-refractivity contribution in [2.45, 2.75) is 6.18 Å². The van der Waals surface area contributed by atoms with Gasteiger partial charge in [-0.1, -0.05) is 12.1 Å². The van der Waals surface area contributed by atoms with Crippen molar-refractivity contribution in [2.24, 2.45) is 0 Å². The van der Waals surface area contributed by atoms with Crippen LogP contribution >= 0.6 is 0 Å². The Kier molecular flexibility index (Phi) is 3.02. The summed E-state index contributed by atoms with van der Waals surface area (Å²) in [6, 6.07) is 8.08. The van der Waals surface area contributed by atoms with Crippen molar-refractivity contribution in [1.29, 1.82) is 10.5 Å². The largest absolute Gasteiger partial charge is 0.416 e. The quantitative estimate of drug-likeness (QED) is 0.854. The number of hydrogen-bond donors (Lipinski definition) is 1. The van der Waals surface area contributed by atoms with Crippen LogP contribution in [0.15, 0.2) is 30.5 Å². The Hall–Kier alpha value is -2.73. The zero-order chi connectivity index (χ0) is 14.0. The zero-order valence-corrected chi connectivity index (χ0v) is 9.42. The maximum absolute atomic E-state index is 12.4. The van der Waals surface area contributed by atoms with E-state index in [1.807, 2.05) is 12.1 Å². The molecular formula is C13H6F3N3. The number of H-pyrrole nitrogens is 1. The van der Waals surface area contributed by atoms with Gasteiger partial charge in [-0.15, -0.1) is 0 Å². The molecule has 94 valence electrons. The third-order valence-corrected chi connectivity index (χ3v) is 2.61. The fourth-order valence-corrected chi connectivity index (χ4v) is 1.73. The molecule has 1 aromatic carbocycles. The van der Waals surface area contributed by atoms with Gasteiger partial charge < -0.3 is 4.98 Å². The molecule has 0 saturated heterocycles. The first-order valence-electron chi connectivity index (χ1n) is 5.16. The predicted molar refractivity (Wildman–Crippen MR) is 60.7 cm³/mol. The molecule has 1 N–H and O–H groups in total. The molecule has 0 unspecified atom stereocenters. The van der Waals surface area contributed by atoms with E-state index in [1.165, 1.54) is 18.3 Å². The monoisotopic (exact) mass is 261 g/mol. The second-order valence-corrected chi connectivity index (χ2v) is 3.75. The van der Waals surface area contributed by atoms with Gasteiger partial charge >= 0.3 is 6.18 Å². The van der Waals surface area contributed by atoms with Gasteiger partial charge in [-0.3, -0.25) is 0 Å². The minimum Gasteiger partial charge on any atom is -0.351 e. The summed E-state index contributed by atoms with van der Waals surface area (Å²) in [6.07, 6.45) is -3.06. The molecule has 2 rings (SSSR count). The first-order valence-corrected chi connectivity index (χ1v) is 5.16. The van der Waals surface area contributed by atoms with Gasteiger partial charge in [-0.2, -0.15) is 23.7 Å². The second-order valence-electron chi connectivity index (χ2n) is 3.75. The van der Waals surface area contributed by atoms with Crippen LogP contribution in [0.3, 0.4) is 0 Å². The first kappa shape index (κ1) is 12.7. The highest BCUT2D eigenvalue weighted by Gasteiger charge is 2.30. The van der Waals surface area contributed by atoms with E-state index in [0.29, 0.717) is 11.1 Å². The summed E-state index contributed by atoms with van der Waals surface area (Å²) in [7, 11) is 0. The van der Waals surface area contributed by atoms with Crippen molar-refractivity contribution in [1.82, 2.24) is 4.98 Å². The molecule has 0 aliphatic rings. The van der Waals surface area contributed by atoms with Crippen molar-refractivity contribution in [3.8, 4) is 23.3 Å². The molecule has 2 aromatic rings. The smallest absolute Gasteiger partial charge is 0.351 e. The Labute approximate surface area is 106 Å². The van der Waals surface area contributed by atoms with Crippen LogP contribution in [0.1, 0.15) is 16.8 Å². The van der Waals surface area contributed by atoms with Gasteiger partial charge in [0.2, 0.25) is 0 Å². The third kappa shape index (κ3) is 2.29. The molecule has 0 saturated carbocycles. The topological polar surface area (TPSA) is 63.4 Å². The minimum atomic E-state index is -4.41. The first-order chi connectivity index (χ1) is 8.97. The molecule has 6 heteroatoms. The van der Waals surface area contributed by atoms with Gasteiger partial charge in [-0.25, -0.2) is 0 Å². The Bertz CT molecular complexity index is 650. The van der Waals surface area contributed by atoms with Gasteiger partial charge in [0.05, 0.1) is 11.1 Å². The Morgan fingerprint density at radius 3 is 2.11 bits per heavy atom. The van der Waals surface area contributed by atoms with Gasteiger partial charge in [0.15, 0.2) is 0 Å². The molecular weight excluding hydrogens is 255 g/mol. The van der Waals surface area contributed by atoms with Gasteiger partial charge in [0, 0.05) is 11.8 Å². The molecule has 3 nitrogen and oxygen atoms in total. The maximum Gasteiger partial charge on any atom is 0.416 e. The number of benzene rings is 1. The van der Waals surface area contributed by atoms with E-state index in [4.69, 9.17) is 10.5 Å². The normalized spacial score (nSPS) is 10.8. The van der Waals surface area contributed by atoms with E-state index in [1.54, 1.807) is 0 Å². The lowest BCUT2D eigenvalue weighted by Crippen LogP contribution is -2.04. The molecule has 1 aromatic heterocycles. The molecule has 0 aliphatic carbocycles. The van der Waals surface area contributed by atoms with Crippen LogP contribution in [0.4, 0.5) is 13.2 Å². The van der Waals surface area contributed by atoms with Crippen LogP contribution in [0.25, 0.3) is 11.1 Å². The molecule has 1 heterocycles. The average molecular weight is 261 g/mol. The Morgan fingerprint density at radius 1 is 1.00 bits per heavy atom. The summed E-state index contributed by atoms with van der Waals surface area (Å²) in [5.74, 6) is 0. The number of nitrogens with zero attached hydrogens (tertiary/aromatic N) is 2. The SMILES string of the molecule is N#Cc1c[nH]c(C#N)c1-c1ccc(C(F)(F)F)cc1. The van der Waals surface area contributed by atoms with Crippen molar-refractivity contribution in [2.75, 3.05) is 0 Å². The van der Waals surface area contributed by atoms with Crippen LogP contribution in [0.2, 0.25) is 0 Å². The van der Waals surface area contributed by atoms with Crippen molar-refractivity contribution < 1.29 is 13.2 Å². The second kappa shape index (κ2) is 4.51. The maximum atomic E-state index is 12.4. The molecule has 0 spiro atoms. The number of nitrogens with one attached hydrogen (secondary N) is 1. The van der Waals surface area contributed by atoms with Crippen LogP contribution in [0, 0.1) is 22.7 Å². The lowest BCUT2D eigenvalue weighted by Gasteiger charge is -2.07. The van der Waals surface area contributed by atoms with Crippen molar-refractivity contribution in [3.05, 3.63) is 47.3 Å². The van der Waals surface area contributed by atoms with E-state index < -0.39 is 11.7 Å². The number of aromatic nitrogens is 1. The highest BCUT2D eigenvalue weighted by Crippen LogP contribution is 2.32. The summed E-state index contributed by atoms with van der Waals surface area (Å²) in [5, 5.41) is 17.8. The van der Waals surface area contributed by atoms with Crippen molar-refractivity contribution >= 4 is 0 Å². The van der Waals surface area contributed by atoms with E-state index in [9.17, 15) is 13.2 Å². The van der Waals surface area contributed by atoms with Gasteiger partial charge in [0.25, 0.3) is 0 Å². The van der Waals surface area contributed by atoms with Gasteiger partial charge in [0.1, 0.15) is 17.8 Å². The number of nitriles is 2. The van der Waals surface area contributed by atoms with E-state index >= 15 is 0 Å². The average Bonchev–Trinajstić information content (AvgIpc) is 2.80. The third-order valence-electron chi connectivity index (χ3n) is 2.61. The van der Waals surface area contributed by atoms with Gasteiger partial charge in [-0.05, 0) is 17.7 Å². The van der Waals surface area contributed by atoms with Crippen LogP contribution in [-0.4, -0.2) is 4.98 Å². The highest BCUT2D eigenvalue weighted by atomic mass is 19.4. The summed E-state index contributed by atoms with van der Waals surface area (Å²) >= 11 is 0. The Balaban J connectivity index is 2.53. The molecule has 19 heavy (non-hydrogen) atoms. The number of aromatic amines is 1. The fourth-order valence-electron chi connectivity index (χ4n) is 1.73. The molecule has 0 radical (unpaired) electrons. The molecule has 0 atom stereocenters. The van der Waals surface area contributed by atoms with E-state index in [-0.39, 0.29) is 11.3 Å². The van der Waals surface area contributed by atoms with Crippen molar-refractivity contribution in [3.63, 3.8) is 0 Å². The standard InChI is InChI=1S/C13H6F3N3/c14-13(15,16)10-3-1-8(2-4-10)12-9(5-17)7-19-11(12)6-18/h1-4,7,19H. The number of alkyl halides is 3. The summed E-state index contributed by atoms with van der Waals surface area (Å²) in [4.78, 5) is 2.61. The molecule has 0 aliphatic heterocycles. The van der Waals surface area contributed by atoms with Crippen LogP contribution < -0.4 is 0 Å². The molecule has 0 bridgehead atoms. The fraction of sp³-hybridized carbons (Fsp3) is 0.0769. The number of halogens is 3. The lowest BCUT2D eigenvalue weighted by molar-refractivity contribution is -0.137. The summed E-state index contributed by atoms with van der Waals surface area (Å²) in [5.41, 5.74) is 0.303. The number of rotatable bonds is 1. The van der Waals surface area contributed by atoms with Crippen LogP contribution in [0.5, 0.6) is 0 Å². The lowest BCUT2D eigenvalue weighted by atomic mass is 10.0. The predicted octanol–water partition coefficient (Wildman–Crippen LogP) is 3.44. The molecule has 0 fully saturated rings. The van der Waals surface area contributed by atoms with Crippen LogP contribution in [-0.2, 0) is 6.18 Å². The summed E-state index contributed by atoms with van der Waals surface area (Å²) < 4.78 is 37.3. The summed E-state index contributed by atoms with van der Waals surface area (Å²) in [6.45, 7) is 0. The molecule has 0 amide bonds.